The third-order valence-electron chi connectivity index (χ3n) is 17.6. The smallest absolute Gasteiger partial charge is 0.335 e. The second-order valence-electron chi connectivity index (χ2n) is 29.3. The molecule has 9 rings (SSSR count). The number of ketones is 1. The largest absolute Gasteiger partial charge is 0.493 e. The van der Waals surface area contributed by atoms with E-state index in [9.17, 15) is 62.3 Å². The predicted molar refractivity (Wildman–Crippen MR) is 533 cm³/mol. The lowest BCUT2D eigenvalue weighted by Gasteiger charge is -2.09. The van der Waals surface area contributed by atoms with Crippen LogP contribution in [0.25, 0.3) is 0 Å². The zero-order valence-corrected chi connectivity index (χ0v) is 81.2. The molecular weight excluding hydrogens is 1720 g/mol. The molecule has 0 saturated heterocycles. The number of Topliss-reactive ketones (excluding diaryl/α,β-unsaturated/α-hetero) is 1. The Kier molecular flexibility index (Phi) is 68.0. The number of aliphatic carboxylic acids is 3. The second kappa shape index (κ2) is 73.5. The molecule has 5 amide bonds. The molecule has 0 unspecified atom stereocenters. The van der Waals surface area contributed by atoms with Crippen molar-refractivity contribution in [2.75, 3.05) is 40.8 Å². The van der Waals surface area contributed by atoms with Crippen LogP contribution in [0.4, 0.5) is 28.4 Å². The fraction of sp³-hybridized carbons (Fsp3) is 0.346. The van der Waals surface area contributed by atoms with Crippen LogP contribution in [0.15, 0.2) is 218 Å². The lowest BCUT2D eigenvalue weighted by Crippen LogP contribution is -2.29. The Bertz CT molecular complexity index is 4860. The van der Waals surface area contributed by atoms with Crippen molar-refractivity contribution >= 4 is 123 Å². The Morgan fingerprint density at radius 3 is 1.03 bits per heavy atom. The molecule has 0 bridgehead atoms. The van der Waals surface area contributed by atoms with Gasteiger partial charge >= 0.3 is 41.8 Å². The number of carbonyl (C=O) groups excluding carboxylic acids is 6. The molecule has 0 aliphatic heterocycles. The summed E-state index contributed by atoms with van der Waals surface area (Å²) in [6.45, 7) is 33.6. The van der Waals surface area contributed by atoms with E-state index < -0.39 is 47.7 Å². The fourth-order valence-corrected chi connectivity index (χ4v) is 9.97. The summed E-state index contributed by atoms with van der Waals surface area (Å²) in [5, 5.41) is 76.1. The van der Waals surface area contributed by atoms with Crippen LogP contribution in [-0.4, -0.2) is 138 Å². The first-order chi connectivity index (χ1) is 62.9. The topological polar surface area (TPSA) is 454 Å². The molecule has 28 nitrogen and oxygen atoms in total. The molecule has 133 heavy (non-hydrogen) atoms. The Balaban J connectivity index is -0.00000140. The standard InChI is InChI=1S/C11H14N2O2.C11H14N2OS.C11H15NO3.3C10H12O2.3C9H10O2.C6H13NO.C4H8O2.C4H8O/c2*1-3-11(15)13-10-6-4-9(5-7-10)12-8(2)14;1-4-11(13)12-8-5-6-9(14-2)10(7-8)15-3;1-7(2)8-3-5-9(6-4-8)10(11)12;1-2-8-3-5-9(6-4-8)7-10(11)12;1-2-3-8-4-6-9(7-5-8)10(11)12;1-7(9(10)11)8-5-3-2-4-6-8;1-2-7-3-5-8(6-4-7)9(10)11;1-2-7-4-3-5-8(6-7)9(10)11;1-4-6(8)7-5(2)3;1-2-3-4(5)6;1-3-4(2)5/h2*4-7H,3H2,1-2H3,(H,12,14)(H,13,15);5-7H,4H2,1-3H3,(H,12,13);3-7H,1-2H3,(H,11,12);3-6H,2,7H2,1H3,(H,11,12);4-7H,2-3H2,1H3,(H,11,12);2-7H,1H3,(H,10,11);2*3-6H,2H2,1H3,(H,10,11);5H,4H2,1-3H3,(H,7,8);2-3H2,1H3,(H,5,6);3H2,1-2H3/t;;;;;;7-;;;;;/m......1...../s1. The molecule has 9 aromatic rings. The maximum atomic E-state index is 11.2. The van der Waals surface area contributed by atoms with E-state index in [0.29, 0.717) is 77.5 Å². The van der Waals surface area contributed by atoms with E-state index in [2.05, 4.69) is 59.6 Å². The van der Waals surface area contributed by atoms with Crippen LogP contribution in [0.3, 0.4) is 0 Å². The molecule has 29 heteroatoms. The van der Waals surface area contributed by atoms with Gasteiger partial charge < -0.3 is 81.9 Å². The van der Waals surface area contributed by atoms with Crippen LogP contribution in [0, 0.1) is 0 Å². The average Bonchev–Trinajstić information content (AvgIpc) is 0.870. The van der Waals surface area contributed by atoms with E-state index in [0.717, 1.165) is 94.9 Å². The Hall–Kier alpha value is -14.2. The lowest BCUT2D eigenvalue weighted by molar-refractivity contribution is -0.139. The number of hydrogen-bond donors (Lipinski definition) is 13. The first kappa shape index (κ1) is 123. The van der Waals surface area contributed by atoms with Crippen molar-refractivity contribution in [1.29, 1.82) is 0 Å². The van der Waals surface area contributed by atoms with Gasteiger partial charge in [0.2, 0.25) is 29.5 Å². The van der Waals surface area contributed by atoms with Crippen LogP contribution in [0.2, 0.25) is 0 Å². The number of thiocarbonyl (C=S) groups is 1. The zero-order chi connectivity index (χ0) is 102. The number of nitrogens with one attached hydrogen (secondary N) is 6. The number of benzene rings is 9. The fourth-order valence-electron chi connectivity index (χ4n) is 9.85. The van der Waals surface area contributed by atoms with Gasteiger partial charge in [-0.3, -0.25) is 38.4 Å². The minimum Gasteiger partial charge on any atom is -0.493 e. The predicted octanol–water partition coefficient (Wildman–Crippen LogP) is 22.1. The Labute approximate surface area is 789 Å². The summed E-state index contributed by atoms with van der Waals surface area (Å²) >= 11 is 5.06. The number of carboxylic acids is 7. The number of amides is 5. The molecule has 0 aromatic heterocycles. The minimum absolute atomic E-state index is 0.0257. The van der Waals surface area contributed by atoms with Gasteiger partial charge in [0.25, 0.3) is 0 Å². The van der Waals surface area contributed by atoms with E-state index >= 15 is 0 Å². The minimum atomic E-state index is -0.870. The van der Waals surface area contributed by atoms with Crippen molar-refractivity contribution in [2.45, 2.75) is 226 Å². The van der Waals surface area contributed by atoms with Crippen molar-refractivity contribution in [3.05, 3.63) is 280 Å². The highest BCUT2D eigenvalue weighted by atomic mass is 32.1. The van der Waals surface area contributed by atoms with E-state index in [1.54, 1.807) is 139 Å². The number of aryl methyl sites for hydroxylation is 4. The third-order valence-corrected chi connectivity index (χ3v) is 17.9. The molecule has 722 valence electrons. The van der Waals surface area contributed by atoms with Crippen molar-refractivity contribution in [3.8, 4) is 11.5 Å². The van der Waals surface area contributed by atoms with Crippen LogP contribution >= 0.6 is 12.2 Å². The molecule has 0 fully saturated rings. The molecule has 9 aromatic carbocycles. The van der Waals surface area contributed by atoms with Gasteiger partial charge in [-0.05, 0) is 220 Å². The normalized spacial score (nSPS) is 9.73. The molecule has 1 atom stereocenters. The Morgan fingerprint density at radius 1 is 0.338 bits per heavy atom. The van der Waals surface area contributed by atoms with Crippen LogP contribution in [-0.2, 0) is 75.3 Å². The highest BCUT2D eigenvalue weighted by molar-refractivity contribution is 7.80. The summed E-state index contributed by atoms with van der Waals surface area (Å²) in [6, 6.07) is 64.7. The SMILES string of the molecule is CC(C)c1ccc(C(=O)O)cc1.CCC(=O)NC(C)C.CCC(=O)Nc1ccc(NC(C)=O)cc1.CCC(=O)Nc1ccc(OC)c(OC)c1.CCC(=S)Nc1ccc(NC(C)=O)cc1.CCC(C)=O.CCCC(=O)O.CCCc1ccc(C(=O)O)cc1.CCc1ccc(C(=O)O)cc1.CCc1ccc(CC(=O)O)cc1.CCc1cccc(C(=O)O)c1.C[C@@H](C(=O)O)c1ccccc1. The summed E-state index contributed by atoms with van der Waals surface area (Å²) in [5.74, 6) is -4.29. The van der Waals surface area contributed by atoms with E-state index in [1.165, 1.54) is 30.5 Å². The first-order valence-electron chi connectivity index (χ1n) is 43.7. The molecule has 0 radical (unpaired) electrons. The van der Waals surface area contributed by atoms with E-state index in [1.807, 2.05) is 177 Å². The second-order valence-corrected chi connectivity index (χ2v) is 29.8. The maximum absolute atomic E-state index is 11.2. The number of aromatic carboxylic acids is 4. The monoisotopic (exact) mass is 1850 g/mol. The van der Waals surface area contributed by atoms with Gasteiger partial charge in [-0.1, -0.05) is 205 Å². The van der Waals surface area contributed by atoms with Gasteiger partial charge in [-0.25, -0.2) is 19.2 Å². The van der Waals surface area contributed by atoms with E-state index in [4.69, 9.17) is 57.4 Å². The number of carbonyl (C=O) groups is 13. The van der Waals surface area contributed by atoms with Crippen LogP contribution in [0.1, 0.15) is 268 Å². The van der Waals surface area contributed by atoms with Gasteiger partial charge in [0.05, 0.1) is 53.8 Å². The number of hydrogen-bond acceptors (Lipinski definition) is 16. The van der Waals surface area contributed by atoms with Gasteiger partial charge in [0.1, 0.15) is 5.78 Å². The van der Waals surface area contributed by atoms with Gasteiger partial charge in [-0.15, -0.1) is 0 Å². The summed E-state index contributed by atoms with van der Waals surface area (Å²) in [5.41, 5.74) is 12.8. The van der Waals surface area contributed by atoms with Gasteiger partial charge in [0.15, 0.2) is 11.5 Å². The zero-order valence-electron chi connectivity index (χ0n) is 80.4. The highest BCUT2D eigenvalue weighted by Crippen LogP contribution is 2.30. The van der Waals surface area contributed by atoms with Crippen molar-refractivity contribution in [2.24, 2.45) is 0 Å². The van der Waals surface area contributed by atoms with E-state index in [-0.39, 0.29) is 47.8 Å². The molecule has 0 aliphatic rings. The van der Waals surface area contributed by atoms with Crippen LogP contribution in [0.5, 0.6) is 11.5 Å². The van der Waals surface area contributed by atoms with Crippen molar-refractivity contribution in [1.82, 2.24) is 5.32 Å². The number of ether oxygens (including phenoxy) is 2. The molecule has 0 saturated carbocycles. The highest BCUT2D eigenvalue weighted by Gasteiger charge is 2.13. The van der Waals surface area contributed by atoms with Crippen molar-refractivity contribution < 1.29 is 108 Å². The lowest BCUT2D eigenvalue weighted by atomic mass is 10.0. The summed E-state index contributed by atoms with van der Waals surface area (Å²) < 4.78 is 10.2. The molecular formula is C104H138N6O22S. The van der Waals surface area contributed by atoms with Gasteiger partial charge in [0, 0.05) is 86.5 Å². The quantitative estimate of drug-likeness (QED) is 0.0194. The van der Waals surface area contributed by atoms with Crippen LogP contribution < -0.4 is 41.4 Å². The first-order valence-corrected chi connectivity index (χ1v) is 44.1. The summed E-state index contributed by atoms with van der Waals surface area (Å²) in [7, 11) is 3.13. The number of anilines is 5. The molecule has 0 heterocycles. The average molecular weight is 1860 g/mol. The maximum Gasteiger partial charge on any atom is 0.335 e. The molecule has 13 N–H and O–H groups in total. The third kappa shape index (κ3) is 62.6. The summed E-state index contributed by atoms with van der Waals surface area (Å²) in [6.07, 6.45) is 9.03. The summed E-state index contributed by atoms with van der Waals surface area (Å²) in [4.78, 5) is 137. The van der Waals surface area contributed by atoms with Gasteiger partial charge in [-0.2, -0.15) is 0 Å². The number of carboxylic acid groups (broad SMARTS) is 7. The molecule has 0 spiro atoms. The number of methoxy groups -OCH3 is 2. The van der Waals surface area contributed by atoms with Crippen molar-refractivity contribution in [3.63, 3.8) is 0 Å². The molecule has 0 aliphatic carbocycles. The number of rotatable bonds is 29. The Morgan fingerprint density at radius 2 is 0.714 bits per heavy atom.